The number of hydrogen-bond acceptors (Lipinski definition) is 6. The molecule has 1 saturated heterocycles. The van der Waals surface area contributed by atoms with Crippen LogP contribution in [0.1, 0.15) is 5.56 Å². The van der Waals surface area contributed by atoms with E-state index in [0.717, 1.165) is 60.3 Å². The lowest BCUT2D eigenvalue weighted by Crippen LogP contribution is -2.39. The summed E-state index contributed by atoms with van der Waals surface area (Å²) in [5.74, 6) is 1.49. The Balaban J connectivity index is 1.35. The highest BCUT2D eigenvalue weighted by atomic mass is 28.3. The van der Waals surface area contributed by atoms with Gasteiger partial charge in [-0.15, -0.1) is 0 Å². The first-order valence-electron chi connectivity index (χ1n) is 13.6. The van der Waals surface area contributed by atoms with E-state index < -0.39 is 8.07 Å². The van der Waals surface area contributed by atoms with Crippen LogP contribution in [-0.2, 0) is 4.74 Å². The second-order valence-corrected chi connectivity index (χ2v) is 16.1. The number of nitrogens with one attached hydrogen (secondary N) is 2. The lowest BCUT2D eigenvalue weighted by atomic mass is 10.1. The number of rotatable bonds is 8. The molecule has 0 unspecified atom stereocenters. The number of phenolic OH excluding ortho intramolecular Hbond substituents is 1. The largest absolute Gasteiger partial charge is 0.508 e. The highest BCUT2D eigenvalue weighted by Crippen LogP contribution is 2.32. The smallest absolute Gasteiger partial charge is 0.324 e. The van der Waals surface area contributed by atoms with E-state index in [0.29, 0.717) is 23.8 Å². The van der Waals surface area contributed by atoms with E-state index in [1.807, 2.05) is 61.5 Å². The maximum Gasteiger partial charge on any atom is 0.324 e. The Morgan fingerprint density at radius 1 is 1.02 bits per heavy atom. The summed E-state index contributed by atoms with van der Waals surface area (Å²) in [6.07, 6.45) is 0. The predicted molar refractivity (Wildman–Crippen MR) is 162 cm³/mol. The molecule has 1 aliphatic rings. The van der Waals surface area contributed by atoms with Crippen molar-refractivity contribution in [3.63, 3.8) is 0 Å². The summed E-state index contributed by atoms with van der Waals surface area (Å²) >= 11 is 0. The zero-order valence-electron chi connectivity index (χ0n) is 23.5. The van der Waals surface area contributed by atoms with Gasteiger partial charge in [-0.1, -0.05) is 50.0 Å². The van der Waals surface area contributed by atoms with Crippen LogP contribution in [0.2, 0.25) is 19.6 Å². The Morgan fingerprint density at radius 3 is 2.50 bits per heavy atom. The number of ether oxygens (including phenoxy) is 2. The molecule has 3 N–H and O–H groups in total. The van der Waals surface area contributed by atoms with Crippen LogP contribution >= 0.6 is 0 Å². The first kappa shape index (κ1) is 27.7. The Kier molecular flexibility index (Phi) is 8.11. The van der Waals surface area contributed by atoms with Crippen molar-refractivity contribution in [2.75, 3.05) is 50.1 Å². The number of hydrogen-bond donors (Lipinski definition) is 3. The van der Waals surface area contributed by atoms with Gasteiger partial charge in [0.05, 0.1) is 24.6 Å². The normalized spacial score (nSPS) is 14.3. The molecule has 0 radical (unpaired) electrons. The predicted octanol–water partition coefficient (Wildman–Crippen LogP) is 4.94. The summed E-state index contributed by atoms with van der Waals surface area (Å²) in [5, 5.41) is 23.9. The lowest BCUT2D eigenvalue weighted by Gasteiger charge is -2.26. The zero-order chi connectivity index (χ0) is 28.3. The molecule has 3 aromatic carbocycles. The van der Waals surface area contributed by atoms with Crippen molar-refractivity contribution in [3.05, 3.63) is 66.2 Å². The van der Waals surface area contributed by atoms with Gasteiger partial charge in [-0.2, -0.15) is 5.10 Å². The molecule has 0 aliphatic carbocycles. The number of fused-ring (bicyclic) bond motifs is 1. The summed E-state index contributed by atoms with van der Waals surface area (Å²) < 4.78 is 13.3. The van der Waals surface area contributed by atoms with E-state index in [-0.39, 0.29) is 11.8 Å². The minimum Gasteiger partial charge on any atom is -0.508 e. The van der Waals surface area contributed by atoms with Crippen LogP contribution in [0.3, 0.4) is 0 Å². The number of amides is 2. The number of carbonyl (C=O) groups excluding carboxylic acids is 1. The molecule has 10 heteroatoms. The van der Waals surface area contributed by atoms with Gasteiger partial charge in [0.15, 0.2) is 0 Å². The van der Waals surface area contributed by atoms with Crippen LogP contribution in [0.4, 0.5) is 16.3 Å². The van der Waals surface area contributed by atoms with Gasteiger partial charge in [-0.3, -0.25) is 10.2 Å². The van der Waals surface area contributed by atoms with Crippen LogP contribution < -0.4 is 20.7 Å². The van der Waals surface area contributed by atoms with Gasteiger partial charge in [-0.05, 0) is 36.8 Å². The Hall–Kier alpha value is -3.86. The van der Waals surface area contributed by atoms with Crippen molar-refractivity contribution in [1.29, 1.82) is 0 Å². The number of anilines is 2. The molecule has 0 bridgehead atoms. The SMILES string of the molecule is Cc1ccc(-n2nc([Si](C)(C)C)cc2NC(=O)Nc2ccc(OCCN3CCOCC3)c3ccccc23)cc1O. The number of phenols is 1. The van der Waals surface area contributed by atoms with Crippen LogP contribution in [0.15, 0.2) is 60.7 Å². The number of benzene rings is 3. The molecule has 5 rings (SSSR count). The quantitative estimate of drug-likeness (QED) is 0.265. The maximum atomic E-state index is 13.3. The molecular formula is C30H37N5O4Si. The number of nitrogens with zero attached hydrogens (tertiary/aromatic N) is 3. The van der Waals surface area contributed by atoms with Gasteiger partial charge in [-0.25, -0.2) is 9.48 Å². The topological polar surface area (TPSA) is 101 Å². The van der Waals surface area contributed by atoms with Crippen molar-refractivity contribution in [2.45, 2.75) is 26.6 Å². The molecule has 9 nitrogen and oxygen atoms in total. The molecule has 1 fully saturated rings. The van der Waals surface area contributed by atoms with Crippen molar-refractivity contribution < 1.29 is 19.4 Å². The first-order chi connectivity index (χ1) is 19.2. The van der Waals surface area contributed by atoms with Gasteiger partial charge in [0.2, 0.25) is 0 Å². The fourth-order valence-electron chi connectivity index (χ4n) is 4.65. The van der Waals surface area contributed by atoms with E-state index in [1.165, 1.54) is 0 Å². The summed E-state index contributed by atoms with van der Waals surface area (Å²) in [5.41, 5.74) is 2.12. The molecule has 4 aromatic rings. The second kappa shape index (κ2) is 11.7. The molecule has 0 spiro atoms. The zero-order valence-corrected chi connectivity index (χ0v) is 24.5. The minimum absolute atomic E-state index is 0.177. The molecule has 2 amide bonds. The number of aromatic hydroxyl groups is 1. The molecule has 210 valence electrons. The first-order valence-corrected chi connectivity index (χ1v) is 17.1. The van der Waals surface area contributed by atoms with Crippen molar-refractivity contribution in [1.82, 2.24) is 14.7 Å². The lowest BCUT2D eigenvalue weighted by molar-refractivity contribution is 0.0323. The Morgan fingerprint density at radius 2 is 1.77 bits per heavy atom. The molecule has 0 saturated carbocycles. The van der Waals surface area contributed by atoms with E-state index >= 15 is 0 Å². The highest BCUT2D eigenvalue weighted by molar-refractivity contribution is 6.88. The fraction of sp³-hybridized carbons (Fsp3) is 0.333. The second-order valence-electron chi connectivity index (χ2n) is 11.1. The monoisotopic (exact) mass is 559 g/mol. The summed E-state index contributed by atoms with van der Waals surface area (Å²) in [7, 11) is -1.78. The number of carbonyl (C=O) groups is 1. The van der Waals surface area contributed by atoms with Crippen molar-refractivity contribution in [3.8, 4) is 17.2 Å². The third kappa shape index (κ3) is 6.30. The third-order valence-corrected chi connectivity index (χ3v) is 8.84. The summed E-state index contributed by atoms with van der Waals surface area (Å²) in [4.78, 5) is 15.6. The van der Waals surface area contributed by atoms with Crippen LogP contribution in [-0.4, -0.2) is 73.3 Å². The highest BCUT2D eigenvalue weighted by Gasteiger charge is 2.24. The van der Waals surface area contributed by atoms with Crippen molar-refractivity contribution >= 4 is 41.7 Å². The maximum absolute atomic E-state index is 13.3. The van der Waals surface area contributed by atoms with Gasteiger partial charge in [0.25, 0.3) is 0 Å². The summed E-state index contributed by atoms with van der Waals surface area (Å²) in [6, 6.07) is 18.6. The van der Waals surface area contributed by atoms with E-state index in [9.17, 15) is 9.90 Å². The van der Waals surface area contributed by atoms with Gasteiger partial charge in [0.1, 0.15) is 32.0 Å². The van der Waals surface area contributed by atoms with E-state index in [2.05, 4.69) is 35.2 Å². The molecule has 0 atom stereocenters. The third-order valence-electron chi connectivity index (χ3n) is 7.06. The van der Waals surface area contributed by atoms with Crippen LogP contribution in [0.5, 0.6) is 11.5 Å². The molecule has 40 heavy (non-hydrogen) atoms. The molecule has 1 aromatic heterocycles. The molecular weight excluding hydrogens is 522 g/mol. The van der Waals surface area contributed by atoms with Gasteiger partial charge < -0.3 is 19.9 Å². The number of aromatic nitrogens is 2. The average molecular weight is 560 g/mol. The molecule has 1 aliphatic heterocycles. The summed E-state index contributed by atoms with van der Waals surface area (Å²) in [6.45, 7) is 13.2. The van der Waals surface area contributed by atoms with Crippen molar-refractivity contribution in [2.24, 2.45) is 0 Å². The molecule has 2 heterocycles. The Labute approximate surface area is 235 Å². The Bertz CT molecular complexity index is 1510. The number of aryl methyl sites for hydroxylation is 1. The van der Waals surface area contributed by atoms with Gasteiger partial charge >= 0.3 is 6.03 Å². The average Bonchev–Trinajstić information content (AvgIpc) is 3.36. The van der Waals surface area contributed by atoms with E-state index in [4.69, 9.17) is 14.6 Å². The van der Waals surface area contributed by atoms with Crippen LogP contribution in [0, 0.1) is 6.92 Å². The number of morpholine rings is 1. The van der Waals surface area contributed by atoms with Crippen LogP contribution in [0.25, 0.3) is 16.5 Å². The fourth-order valence-corrected chi connectivity index (χ4v) is 5.62. The number of urea groups is 1. The van der Waals surface area contributed by atoms with Gasteiger partial charge in [0, 0.05) is 41.8 Å². The standard InChI is InChI=1S/C30H37N5O4Si/c1-21-9-10-22(19-26(21)36)35-28(20-29(33-35)40(2,3)4)32-30(37)31-25-11-12-27(24-8-6-5-7-23(24)25)39-18-15-34-13-16-38-17-14-34/h5-12,19-20,36H,13-18H2,1-4H3,(H2,31,32,37). The minimum atomic E-state index is -1.78. The van der Waals surface area contributed by atoms with E-state index in [1.54, 1.807) is 10.7 Å².